The molecule has 1 aromatic heterocycles. The van der Waals surface area contributed by atoms with Crippen molar-refractivity contribution in [2.45, 2.75) is 31.3 Å². The lowest BCUT2D eigenvalue weighted by Crippen LogP contribution is -2.26. The van der Waals surface area contributed by atoms with Crippen molar-refractivity contribution in [1.29, 1.82) is 0 Å². The van der Waals surface area contributed by atoms with E-state index in [2.05, 4.69) is 0 Å². The maximum atomic E-state index is 12.0. The van der Waals surface area contributed by atoms with Crippen LogP contribution in [-0.4, -0.2) is 24.7 Å². The fraction of sp³-hybridized carbons (Fsp3) is 0.308. The lowest BCUT2D eigenvalue weighted by atomic mass is 10.2. The molecule has 0 amide bonds. The minimum absolute atomic E-state index is 0.00642. The Balaban J connectivity index is 2.46. The van der Waals surface area contributed by atoms with Gasteiger partial charge in [0.1, 0.15) is 5.60 Å². The molecule has 0 atom stereocenters. The molecular formula is C13H16N2O4S. The van der Waals surface area contributed by atoms with Crippen LogP contribution in [0.5, 0.6) is 0 Å². The molecule has 0 aliphatic rings. The third-order valence-corrected chi connectivity index (χ3v) is 3.49. The highest BCUT2D eigenvalue weighted by atomic mass is 32.2. The predicted molar refractivity (Wildman–Crippen MR) is 74.9 cm³/mol. The van der Waals surface area contributed by atoms with Gasteiger partial charge >= 0.3 is 6.09 Å². The molecule has 20 heavy (non-hydrogen) atoms. The van der Waals surface area contributed by atoms with Gasteiger partial charge in [-0.05, 0) is 45.0 Å². The topological polar surface area (TPSA) is 91.4 Å². The Labute approximate surface area is 117 Å². The third-order valence-electron chi connectivity index (χ3n) is 2.58. The summed E-state index contributed by atoms with van der Waals surface area (Å²) in [4.78, 5) is 12.0. The summed E-state index contributed by atoms with van der Waals surface area (Å²) >= 11 is 0. The Morgan fingerprint density at radius 2 is 1.90 bits per heavy atom. The van der Waals surface area contributed by atoms with Gasteiger partial charge in [-0.2, -0.15) is 0 Å². The maximum absolute atomic E-state index is 12.0. The molecule has 2 aromatic rings. The highest BCUT2D eigenvalue weighted by molar-refractivity contribution is 7.89. The minimum Gasteiger partial charge on any atom is -0.443 e. The summed E-state index contributed by atoms with van der Waals surface area (Å²) in [5.41, 5.74) is -0.0412. The Morgan fingerprint density at radius 1 is 1.25 bits per heavy atom. The highest BCUT2D eigenvalue weighted by Crippen LogP contribution is 2.21. The number of hydrogen-bond donors (Lipinski definition) is 1. The molecule has 0 saturated heterocycles. The zero-order valence-corrected chi connectivity index (χ0v) is 12.3. The molecule has 7 heteroatoms. The van der Waals surface area contributed by atoms with Crippen LogP contribution in [0.25, 0.3) is 10.9 Å². The molecule has 2 rings (SSSR count). The fourth-order valence-corrected chi connectivity index (χ4v) is 2.32. The van der Waals surface area contributed by atoms with Gasteiger partial charge < -0.3 is 4.74 Å². The van der Waals surface area contributed by atoms with E-state index < -0.39 is 21.7 Å². The number of nitrogens with two attached hydrogens (primary N) is 1. The van der Waals surface area contributed by atoms with Crippen molar-refractivity contribution in [2.24, 2.45) is 5.14 Å². The molecule has 0 aliphatic carbocycles. The molecule has 0 fully saturated rings. The van der Waals surface area contributed by atoms with Crippen LogP contribution in [0.3, 0.4) is 0 Å². The summed E-state index contributed by atoms with van der Waals surface area (Å²) in [5, 5.41) is 5.67. The number of hydrogen-bond acceptors (Lipinski definition) is 4. The normalized spacial score (nSPS) is 12.6. The smallest absolute Gasteiger partial charge is 0.418 e. The first kappa shape index (κ1) is 14.5. The number of fused-ring (bicyclic) bond motifs is 1. The maximum Gasteiger partial charge on any atom is 0.418 e. The van der Waals surface area contributed by atoms with Crippen molar-refractivity contribution in [1.82, 2.24) is 4.57 Å². The largest absolute Gasteiger partial charge is 0.443 e. The van der Waals surface area contributed by atoms with E-state index >= 15 is 0 Å². The summed E-state index contributed by atoms with van der Waals surface area (Å²) in [6, 6.07) is 5.94. The molecule has 0 radical (unpaired) electrons. The molecule has 0 bridgehead atoms. The summed E-state index contributed by atoms with van der Waals surface area (Å²) in [5.74, 6) is 0. The average molecular weight is 296 g/mol. The molecule has 2 N–H and O–H groups in total. The number of carbonyl (C=O) groups excluding carboxylic acids is 1. The summed E-state index contributed by atoms with van der Waals surface area (Å²) in [6.45, 7) is 5.32. The van der Waals surface area contributed by atoms with E-state index in [1.807, 2.05) is 0 Å². The van der Waals surface area contributed by atoms with Gasteiger partial charge in [-0.25, -0.2) is 18.4 Å². The molecule has 0 spiro atoms. The van der Waals surface area contributed by atoms with Crippen LogP contribution in [0.15, 0.2) is 35.4 Å². The van der Waals surface area contributed by atoms with E-state index in [-0.39, 0.29) is 4.90 Å². The lowest BCUT2D eigenvalue weighted by molar-refractivity contribution is 0.0544. The van der Waals surface area contributed by atoms with E-state index in [0.717, 1.165) is 0 Å². The minimum atomic E-state index is -3.76. The average Bonchev–Trinajstić information content (AvgIpc) is 2.67. The van der Waals surface area contributed by atoms with Gasteiger partial charge in [0, 0.05) is 11.6 Å². The van der Waals surface area contributed by atoms with Crippen LogP contribution in [0.4, 0.5) is 4.79 Å². The van der Waals surface area contributed by atoms with Crippen molar-refractivity contribution >= 4 is 27.0 Å². The highest BCUT2D eigenvalue weighted by Gasteiger charge is 2.19. The fourth-order valence-electron chi connectivity index (χ4n) is 1.77. The monoisotopic (exact) mass is 296 g/mol. The Morgan fingerprint density at radius 3 is 2.45 bits per heavy atom. The zero-order chi connectivity index (χ0) is 15.1. The molecule has 0 saturated carbocycles. The van der Waals surface area contributed by atoms with Crippen LogP contribution in [-0.2, 0) is 14.8 Å². The second kappa shape index (κ2) is 4.60. The molecular weight excluding hydrogens is 280 g/mol. The molecule has 1 heterocycles. The van der Waals surface area contributed by atoms with E-state index in [4.69, 9.17) is 9.88 Å². The number of carbonyl (C=O) groups is 1. The van der Waals surface area contributed by atoms with Gasteiger partial charge in [-0.15, -0.1) is 0 Å². The van der Waals surface area contributed by atoms with Crippen LogP contribution in [0.2, 0.25) is 0 Å². The predicted octanol–water partition coefficient (Wildman–Crippen LogP) is 2.07. The Hall–Kier alpha value is -1.86. The first-order valence-electron chi connectivity index (χ1n) is 5.95. The zero-order valence-electron chi connectivity index (χ0n) is 11.5. The number of nitrogens with zero attached hydrogens (tertiary/aromatic N) is 1. The molecule has 0 aliphatic heterocycles. The first-order chi connectivity index (χ1) is 9.08. The van der Waals surface area contributed by atoms with Crippen molar-refractivity contribution in [3.8, 4) is 0 Å². The van der Waals surface area contributed by atoms with Crippen LogP contribution >= 0.6 is 0 Å². The van der Waals surface area contributed by atoms with E-state index in [1.54, 1.807) is 26.8 Å². The van der Waals surface area contributed by atoms with Crippen LogP contribution < -0.4 is 5.14 Å². The van der Waals surface area contributed by atoms with Crippen molar-refractivity contribution in [3.05, 3.63) is 30.5 Å². The van der Waals surface area contributed by atoms with Gasteiger partial charge in [0.05, 0.1) is 10.4 Å². The Kier molecular flexibility index (Phi) is 3.35. The Bertz CT molecular complexity index is 769. The van der Waals surface area contributed by atoms with Gasteiger partial charge in [0.15, 0.2) is 0 Å². The molecule has 108 valence electrons. The standard InChI is InChI=1S/C13H16N2O4S/c1-13(2,3)19-12(16)15-7-6-9-8-10(20(14,17)18)4-5-11(9)15/h4-8H,1-3H3,(H2,14,17,18). The molecule has 1 aromatic carbocycles. The number of primary sulfonamides is 1. The number of benzene rings is 1. The van der Waals surface area contributed by atoms with Gasteiger partial charge in [-0.1, -0.05) is 0 Å². The number of ether oxygens (including phenoxy) is 1. The van der Waals surface area contributed by atoms with Crippen LogP contribution in [0.1, 0.15) is 20.8 Å². The quantitative estimate of drug-likeness (QED) is 0.872. The van der Waals surface area contributed by atoms with E-state index in [0.29, 0.717) is 10.9 Å². The lowest BCUT2D eigenvalue weighted by Gasteiger charge is -2.19. The van der Waals surface area contributed by atoms with Gasteiger partial charge in [0.25, 0.3) is 0 Å². The molecule has 0 unspecified atom stereocenters. The van der Waals surface area contributed by atoms with Crippen molar-refractivity contribution in [3.63, 3.8) is 0 Å². The van der Waals surface area contributed by atoms with Crippen molar-refractivity contribution < 1.29 is 17.9 Å². The second-order valence-corrected chi connectivity index (χ2v) is 6.99. The summed E-state index contributed by atoms with van der Waals surface area (Å²) in [6.07, 6.45) is 1.02. The first-order valence-corrected chi connectivity index (χ1v) is 7.50. The van der Waals surface area contributed by atoms with Crippen LogP contribution in [0, 0.1) is 0 Å². The summed E-state index contributed by atoms with van der Waals surface area (Å²) in [7, 11) is -3.76. The van der Waals surface area contributed by atoms with Gasteiger partial charge in [-0.3, -0.25) is 4.57 Å². The second-order valence-electron chi connectivity index (χ2n) is 5.43. The molecule has 6 nitrogen and oxygen atoms in total. The summed E-state index contributed by atoms with van der Waals surface area (Å²) < 4.78 is 29.2. The van der Waals surface area contributed by atoms with Gasteiger partial charge in [0.2, 0.25) is 10.0 Å². The number of rotatable bonds is 1. The van der Waals surface area contributed by atoms with Crippen molar-refractivity contribution in [2.75, 3.05) is 0 Å². The van der Waals surface area contributed by atoms with E-state index in [1.165, 1.54) is 29.0 Å². The third kappa shape index (κ3) is 3.00. The van der Waals surface area contributed by atoms with E-state index in [9.17, 15) is 13.2 Å². The number of aromatic nitrogens is 1. The number of sulfonamides is 1. The SMILES string of the molecule is CC(C)(C)OC(=O)n1ccc2cc(S(N)(=O)=O)ccc21.